The first-order valence-corrected chi connectivity index (χ1v) is 10.5. The maximum absolute atomic E-state index is 14.6. The van der Waals surface area contributed by atoms with E-state index in [4.69, 9.17) is 0 Å². The van der Waals surface area contributed by atoms with Crippen molar-refractivity contribution < 1.29 is 9.18 Å². The van der Waals surface area contributed by atoms with Crippen LogP contribution < -0.4 is 15.8 Å². The molecule has 2 saturated heterocycles. The van der Waals surface area contributed by atoms with Crippen molar-refractivity contribution in [3.05, 3.63) is 46.3 Å². The Morgan fingerprint density at radius 1 is 1.27 bits per heavy atom. The number of likely N-dealkylation sites (tertiary alicyclic amines) is 1. The van der Waals surface area contributed by atoms with E-state index in [1.165, 1.54) is 6.20 Å². The number of nitrogens with zero attached hydrogens (tertiary/aromatic N) is 4. The number of anilines is 2. The van der Waals surface area contributed by atoms with E-state index in [0.29, 0.717) is 37.9 Å². The molecule has 8 nitrogen and oxygen atoms in total. The van der Waals surface area contributed by atoms with E-state index >= 15 is 0 Å². The molecule has 160 valence electrons. The Morgan fingerprint density at radius 2 is 2.07 bits per heavy atom. The topological polar surface area (TPSA) is 94.2 Å². The van der Waals surface area contributed by atoms with Crippen LogP contribution in [0.25, 0.3) is 0 Å². The van der Waals surface area contributed by atoms with Crippen LogP contribution in [0.5, 0.6) is 0 Å². The highest BCUT2D eigenvalue weighted by atomic mass is 19.1. The monoisotopic (exact) mass is 414 g/mol. The molecule has 2 N–H and O–H groups in total. The number of pyridine rings is 1. The molecule has 4 heterocycles. The van der Waals surface area contributed by atoms with Gasteiger partial charge in [-0.25, -0.2) is 9.37 Å². The predicted octanol–water partition coefficient (Wildman–Crippen LogP) is 2.11. The van der Waals surface area contributed by atoms with Crippen LogP contribution in [0.3, 0.4) is 0 Å². The van der Waals surface area contributed by atoms with Gasteiger partial charge in [0.25, 0.3) is 0 Å². The Labute approximate surface area is 174 Å². The smallest absolute Gasteiger partial charge is 0.248 e. The summed E-state index contributed by atoms with van der Waals surface area (Å²) < 4.78 is 14.6. The summed E-state index contributed by atoms with van der Waals surface area (Å²) in [5.74, 6) is 0.504. The first kappa shape index (κ1) is 20.3. The molecule has 0 saturated carbocycles. The van der Waals surface area contributed by atoms with E-state index in [1.54, 1.807) is 19.2 Å². The maximum atomic E-state index is 14.6. The number of amides is 1. The number of carbonyl (C=O) groups is 1. The van der Waals surface area contributed by atoms with Crippen molar-refractivity contribution in [2.24, 2.45) is 0 Å². The molecular weight excluding hydrogens is 387 g/mol. The second-order valence-corrected chi connectivity index (χ2v) is 8.06. The minimum Gasteiger partial charge on any atom is -0.353 e. The fraction of sp³-hybridized carbons (Fsp3) is 0.524. The van der Waals surface area contributed by atoms with Gasteiger partial charge in [0.1, 0.15) is 0 Å². The van der Waals surface area contributed by atoms with Crippen LogP contribution in [0.1, 0.15) is 44.1 Å². The SMILES string of the molecule is CC(=O)N1CCC(Nc2ncc(F)c(N3CCCC(c4cc[nH]c(=O)c4)C3)n2)CC1. The first-order chi connectivity index (χ1) is 14.5. The molecule has 2 fully saturated rings. The van der Waals surface area contributed by atoms with Crippen LogP contribution >= 0.6 is 0 Å². The predicted molar refractivity (Wildman–Crippen MR) is 112 cm³/mol. The molecule has 1 unspecified atom stereocenters. The summed E-state index contributed by atoms with van der Waals surface area (Å²) >= 11 is 0. The van der Waals surface area contributed by atoms with E-state index in [-0.39, 0.29) is 23.4 Å². The van der Waals surface area contributed by atoms with E-state index in [9.17, 15) is 14.0 Å². The van der Waals surface area contributed by atoms with E-state index in [2.05, 4.69) is 20.3 Å². The van der Waals surface area contributed by atoms with Gasteiger partial charge in [-0.1, -0.05) is 0 Å². The number of rotatable bonds is 4. The molecule has 2 aromatic heterocycles. The molecule has 30 heavy (non-hydrogen) atoms. The van der Waals surface area contributed by atoms with E-state index in [0.717, 1.165) is 31.2 Å². The third kappa shape index (κ3) is 4.60. The summed E-state index contributed by atoms with van der Waals surface area (Å²) in [5, 5.41) is 3.30. The number of hydrogen-bond acceptors (Lipinski definition) is 6. The largest absolute Gasteiger partial charge is 0.353 e. The molecule has 4 rings (SSSR count). The lowest BCUT2D eigenvalue weighted by atomic mass is 9.91. The first-order valence-electron chi connectivity index (χ1n) is 10.5. The standard InChI is InChI=1S/C21H27FN6O2/c1-14(29)27-9-5-17(6-10-27)25-21-24-12-18(22)20(26-21)28-8-2-3-16(13-28)15-4-7-23-19(30)11-15/h4,7,11-12,16-17H,2-3,5-6,8-10,13H2,1H3,(H,23,30)(H,24,25,26). The fourth-order valence-corrected chi connectivity index (χ4v) is 4.33. The van der Waals surface area contributed by atoms with Gasteiger partial charge in [-0.2, -0.15) is 4.98 Å². The lowest BCUT2D eigenvalue weighted by molar-refractivity contribution is -0.129. The second kappa shape index (κ2) is 8.81. The summed E-state index contributed by atoms with van der Waals surface area (Å²) in [6, 6.07) is 3.68. The Morgan fingerprint density at radius 3 is 2.80 bits per heavy atom. The molecule has 0 bridgehead atoms. The summed E-state index contributed by atoms with van der Waals surface area (Å²) in [5.41, 5.74) is 0.841. The van der Waals surface area contributed by atoms with Crippen LogP contribution in [0, 0.1) is 5.82 Å². The molecule has 2 aliphatic rings. The number of carbonyl (C=O) groups excluding carboxylic acids is 1. The van der Waals surface area contributed by atoms with Crippen LogP contribution in [-0.4, -0.2) is 58.0 Å². The molecule has 0 radical (unpaired) electrons. The van der Waals surface area contributed by atoms with Crippen molar-refractivity contribution in [2.75, 3.05) is 36.4 Å². The quantitative estimate of drug-likeness (QED) is 0.796. The van der Waals surface area contributed by atoms with Gasteiger partial charge in [-0.15, -0.1) is 0 Å². The third-order valence-corrected chi connectivity index (χ3v) is 5.99. The summed E-state index contributed by atoms with van der Waals surface area (Å²) in [6.45, 7) is 4.30. The Hall–Kier alpha value is -2.97. The van der Waals surface area contributed by atoms with Crippen molar-refractivity contribution in [1.29, 1.82) is 0 Å². The number of nitrogens with one attached hydrogen (secondary N) is 2. The van der Waals surface area contributed by atoms with Gasteiger partial charge in [-0.05, 0) is 37.3 Å². The van der Waals surface area contributed by atoms with Gasteiger partial charge < -0.3 is 20.1 Å². The van der Waals surface area contributed by atoms with Crippen molar-refractivity contribution in [1.82, 2.24) is 19.9 Å². The number of H-pyrrole nitrogens is 1. The number of aromatic nitrogens is 3. The zero-order chi connectivity index (χ0) is 21.1. The molecule has 2 aliphatic heterocycles. The molecule has 0 aromatic carbocycles. The molecule has 1 amide bonds. The third-order valence-electron chi connectivity index (χ3n) is 5.99. The van der Waals surface area contributed by atoms with Gasteiger partial charge in [0, 0.05) is 57.3 Å². The van der Waals surface area contributed by atoms with Gasteiger partial charge in [0.05, 0.1) is 6.20 Å². The average molecular weight is 414 g/mol. The zero-order valence-electron chi connectivity index (χ0n) is 17.1. The van der Waals surface area contributed by atoms with Crippen LogP contribution in [0.4, 0.5) is 16.2 Å². The molecule has 2 aromatic rings. The lowest BCUT2D eigenvalue weighted by Gasteiger charge is -2.34. The number of aromatic amines is 1. The molecule has 9 heteroatoms. The van der Waals surface area contributed by atoms with Crippen molar-refractivity contribution in [2.45, 2.75) is 44.6 Å². The highest BCUT2D eigenvalue weighted by Crippen LogP contribution is 2.30. The molecule has 1 atom stereocenters. The highest BCUT2D eigenvalue weighted by Gasteiger charge is 2.26. The Kier molecular flexibility index (Phi) is 5.96. The normalized spacial score (nSPS) is 20.3. The summed E-state index contributed by atoms with van der Waals surface area (Å²) in [6.07, 6.45) is 6.33. The minimum absolute atomic E-state index is 0.0915. The van der Waals surface area contributed by atoms with Crippen LogP contribution in [0.15, 0.2) is 29.3 Å². The van der Waals surface area contributed by atoms with Gasteiger partial charge in [0.2, 0.25) is 17.4 Å². The maximum Gasteiger partial charge on any atom is 0.248 e. The number of halogens is 1. The molecular formula is C21H27FN6O2. The average Bonchev–Trinajstić information content (AvgIpc) is 2.75. The van der Waals surface area contributed by atoms with E-state index < -0.39 is 5.82 Å². The molecule has 0 spiro atoms. The second-order valence-electron chi connectivity index (χ2n) is 8.06. The van der Waals surface area contributed by atoms with Gasteiger partial charge in [-0.3, -0.25) is 9.59 Å². The fourth-order valence-electron chi connectivity index (χ4n) is 4.33. The van der Waals surface area contributed by atoms with Crippen molar-refractivity contribution in [3.63, 3.8) is 0 Å². The minimum atomic E-state index is -0.446. The van der Waals surface area contributed by atoms with Gasteiger partial charge in [0.15, 0.2) is 11.6 Å². The summed E-state index contributed by atoms with van der Waals surface area (Å²) in [4.78, 5) is 38.1. The zero-order valence-corrected chi connectivity index (χ0v) is 17.1. The van der Waals surface area contributed by atoms with Crippen LogP contribution in [-0.2, 0) is 4.79 Å². The lowest BCUT2D eigenvalue weighted by Crippen LogP contribution is -2.41. The highest BCUT2D eigenvalue weighted by molar-refractivity contribution is 5.73. The van der Waals surface area contributed by atoms with Gasteiger partial charge >= 0.3 is 0 Å². The summed E-state index contributed by atoms with van der Waals surface area (Å²) in [7, 11) is 0. The number of hydrogen-bond donors (Lipinski definition) is 2. The van der Waals surface area contributed by atoms with Crippen molar-refractivity contribution in [3.8, 4) is 0 Å². The Bertz CT molecular complexity index is 957. The van der Waals surface area contributed by atoms with Crippen LogP contribution in [0.2, 0.25) is 0 Å². The number of piperidine rings is 2. The Balaban J connectivity index is 1.45. The molecule has 0 aliphatic carbocycles. The van der Waals surface area contributed by atoms with E-state index in [1.807, 2.05) is 15.9 Å². The van der Waals surface area contributed by atoms with Crippen molar-refractivity contribution >= 4 is 17.7 Å².